The van der Waals surface area contributed by atoms with Crippen LogP contribution < -0.4 is 4.90 Å². The van der Waals surface area contributed by atoms with Crippen LogP contribution in [0.3, 0.4) is 0 Å². The molecule has 0 bridgehead atoms. The maximum atomic E-state index is 13.2. The first-order chi connectivity index (χ1) is 11.8. The van der Waals surface area contributed by atoms with E-state index in [1.807, 2.05) is 12.1 Å². The topological polar surface area (TPSA) is 41.2 Å². The largest absolute Gasteiger partial charge is 0.378 e. The van der Waals surface area contributed by atoms with E-state index in [9.17, 15) is 4.39 Å². The molecule has 1 fully saturated rings. The number of hydrogen-bond donors (Lipinski definition) is 1. The molecule has 1 saturated heterocycles. The third-order valence-electron chi connectivity index (χ3n) is 4.02. The van der Waals surface area contributed by atoms with Crippen LogP contribution in [-0.2, 0) is 4.74 Å². The number of ether oxygens (including phenoxy) is 1. The Morgan fingerprint density at radius 2 is 1.88 bits per heavy atom. The van der Waals surface area contributed by atoms with Crippen molar-refractivity contribution >= 4 is 16.7 Å². The second-order valence-electron chi connectivity index (χ2n) is 5.67. The summed E-state index contributed by atoms with van der Waals surface area (Å²) >= 11 is 0. The SMILES string of the molecule is Fc1cnc2[nH]c(C#Cc3ccc(N4CCOCC4)cc3)cc2c1. The molecule has 24 heavy (non-hydrogen) atoms. The first-order valence-electron chi connectivity index (χ1n) is 7.87. The van der Waals surface area contributed by atoms with Crippen molar-refractivity contribution in [3.63, 3.8) is 0 Å². The minimum atomic E-state index is -0.347. The number of pyridine rings is 1. The number of aromatic nitrogens is 2. The predicted octanol–water partition coefficient (Wildman–Crippen LogP) is 2.94. The number of fused-ring (bicyclic) bond motifs is 1. The Morgan fingerprint density at radius 1 is 1.08 bits per heavy atom. The highest BCUT2D eigenvalue weighted by molar-refractivity contribution is 5.77. The van der Waals surface area contributed by atoms with Crippen LogP contribution in [-0.4, -0.2) is 36.3 Å². The van der Waals surface area contributed by atoms with E-state index >= 15 is 0 Å². The molecule has 1 N–H and O–H groups in total. The van der Waals surface area contributed by atoms with Gasteiger partial charge in [-0.1, -0.05) is 5.92 Å². The van der Waals surface area contributed by atoms with Crippen LogP contribution in [0.2, 0.25) is 0 Å². The van der Waals surface area contributed by atoms with Crippen LogP contribution in [0.1, 0.15) is 11.3 Å². The molecule has 0 atom stereocenters. The fourth-order valence-corrected chi connectivity index (χ4v) is 2.77. The van der Waals surface area contributed by atoms with Crippen LogP contribution in [0.4, 0.5) is 10.1 Å². The molecular formula is C19H16FN3O. The minimum Gasteiger partial charge on any atom is -0.378 e. The fourth-order valence-electron chi connectivity index (χ4n) is 2.77. The lowest BCUT2D eigenvalue weighted by molar-refractivity contribution is 0.122. The molecule has 0 amide bonds. The van der Waals surface area contributed by atoms with Gasteiger partial charge in [-0.2, -0.15) is 0 Å². The third kappa shape index (κ3) is 3.10. The lowest BCUT2D eigenvalue weighted by atomic mass is 10.2. The smallest absolute Gasteiger partial charge is 0.142 e. The molecule has 3 heterocycles. The van der Waals surface area contributed by atoms with Gasteiger partial charge >= 0.3 is 0 Å². The van der Waals surface area contributed by atoms with Gasteiger partial charge in [0.1, 0.15) is 11.5 Å². The van der Waals surface area contributed by atoms with Gasteiger partial charge in [0.25, 0.3) is 0 Å². The Bertz CT molecular complexity index is 915. The van der Waals surface area contributed by atoms with Crippen molar-refractivity contribution in [2.24, 2.45) is 0 Å². The van der Waals surface area contributed by atoms with E-state index in [4.69, 9.17) is 4.74 Å². The molecule has 4 nitrogen and oxygen atoms in total. The molecule has 0 unspecified atom stereocenters. The maximum absolute atomic E-state index is 13.2. The van der Waals surface area contributed by atoms with Crippen molar-refractivity contribution < 1.29 is 9.13 Å². The highest BCUT2D eigenvalue weighted by Crippen LogP contribution is 2.17. The summed E-state index contributed by atoms with van der Waals surface area (Å²) in [5, 5.41) is 0.724. The summed E-state index contributed by atoms with van der Waals surface area (Å²) in [7, 11) is 0. The van der Waals surface area contributed by atoms with E-state index < -0.39 is 0 Å². The Labute approximate surface area is 139 Å². The lowest BCUT2D eigenvalue weighted by Gasteiger charge is -2.28. The second kappa shape index (κ2) is 6.34. The number of hydrogen-bond acceptors (Lipinski definition) is 3. The second-order valence-corrected chi connectivity index (χ2v) is 5.67. The summed E-state index contributed by atoms with van der Waals surface area (Å²) in [6.07, 6.45) is 1.19. The average molecular weight is 321 g/mol. The lowest BCUT2D eigenvalue weighted by Crippen LogP contribution is -2.36. The summed E-state index contributed by atoms with van der Waals surface area (Å²) in [5.74, 6) is 5.84. The first kappa shape index (κ1) is 14.7. The van der Waals surface area contributed by atoms with E-state index in [1.165, 1.54) is 18.0 Å². The summed E-state index contributed by atoms with van der Waals surface area (Å²) in [6.45, 7) is 3.39. The van der Waals surface area contributed by atoms with Gasteiger partial charge in [-0.05, 0) is 42.3 Å². The van der Waals surface area contributed by atoms with Crippen LogP contribution in [0.25, 0.3) is 11.0 Å². The zero-order chi connectivity index (χ0) is 16.4. The number of benzene rings is 1. The summed E-state index contributed by atoms with van der Waals surface area (Å²) in [5.41, 5.74) is 3.49. The molecule has 120 valence electrons. The van der Waals surface area contributed by atoms with E-state index in [1.54, 1.807) is 6.07 Å². The van der Waals surface area contributed by atoms with Crippen molar-refractivity contribution in [1.82, 2.24) is 9.97 Å². The molecule has 1 aliphatic heterocycles. The molecule has 1 aromatic carbocycles. The third-order valence-corrected chi connectivity index (χ3v) is 4.02. The minimum absolute atomic E-state index is 0.347. The number of anilines is 1. The van der Waals surface area contributed by atoms with Crippen molar-refractivity contribution in [1.29, 1.82) is 0 Å². The summed E-state index contributed by atoms with van der Waals surface area (Å²) in [4.78, 5) is 9.39. The molecule has 0 radical (unpaired) electrons. The average Bonchev–Trinajstić information content (AvgIpc) is 3.03. The number of rotatable bonds is 1. The molecule has 0 aliphatic carbocycles. The van der Waals surface area contributed by atoms with Gasteiger partial charge < -0.3 is 14.6 Å². The van der Waals surface area contributed by atoms with Gasteiger partial charge in [0, 0.05) is 29.7 Å². The van der Waals surface area contributed by atoms with Crippen molar-refractivity contribution in [3.05, 3.63) is 59.7 Å². The molecule has 5 heteroatoms. The summed E-state index contributed by atoms with van der Waals surface area (Å²) in [6, 6.07) is 11.4. The fraction of sp³-hybridized carbons (Fsp3) is 0.211. The normalized spacial score (nSPS) is 14.5. The predicted molar refractivity (Wildman–Crippen MR) is 91.5 cm³/mol. The zero-order valence-electron chi connectivity index (χ0n) is 13.1. The van der Waals surface area contributed by atoms with Crippen LogP contribution in [0, 0.1) is 17.7 Å². The number of H-pyrrole nitrogens is 1. The molecule has 1 aliphatic rings. The first-order valence-corrected chi connectivity index (χ1v) is 7.87. The van der Waals surface area contributed by atoms with Gasteiger partial charge in [-0.25, -0.2) is 9.37 Å². The molecule has 0 saturated carbocycles. The van der Waals surface area contributed by atoms with Gasteiger partial charge in [0.05, 0.1) is 25.1 Å². The molecule has 2 aromatic heterocycles. The van der Waals surface area contributed by atoms with Gasteiger partial charge in [0.2, 0.25) is 0 Å². The van der Waals surface area contributed by atoms with Gasteiger partial charge in [-0.3, -0.25) is 0 Å². The number of morpholine rings is 1. The molecule has 3 aromatic rings. The van der Waals surface area contributed by atoms with Crippen molar-refractivity contribution in [3.8, 4) is 11.8 Å². The van der Waals surface area contributed by atoms with Crippen LogP contribution >= 0.6 is 0 Å². The van der Waals surface area contributed by atoms with Crippen molar-refractivity contribution in [2.75, 3.05) is 31.2 Å². The quantitative estimate of drug-likeness (QED) is 0.701. The van der Waals surface area contributed by atoms with Crippen molar-refractivity contribution in [2.45, 2.75) is 0 Å². The molecule has 0 spiro atoms. The molecule has 4 rings (SSSR count). The van der Waals surface area contributed by atoms with E-state index in [-0.39, 0.29) is 5.82 Å². The van der Waals surface area contributed by atoms with Crippen LogP contribution in [0.15, 0.2) is 42.6 Å². The Balaban J connectivity index is 1.53. The Morgan fingerprint density at radius 3 is 2.67 bits per heavy atom. The Hall–Kier alpha value is -2.84. The summed E-state index contributed by atoms with van der Waals surface area (Å²) < 4.78 is 18.5. The number of nitrogens with one attached hydrogen (secondary N) is 1. The van der Waals surface area contributed by atoms with E-state index in [0.717, 1.165) is 42.9 Å². The maximum Gasteiger partial charge on any atom is 0.142 e. The van der Waals surface area contributed by atoms with E-state index in [0.29, 0.717) is 5.65 Å². The van der Waals surface area contributed by atoms with Crippen LogP contribution in [0.5, 0.6) is 0 Å². The highest BCUT2D eigenvalue weighted by Gasteiger charge is 2.10. The number of halogens is 1. The van der Waals surface area contributed by atoms with Gasteiger partial charge in [0.15, 0.2) is 0 Å². The molecular weight excluding hydrogens is 305 g/mol. The van der Waals surface area contributed by atoms with E-state index in [2.05, 4.69) is 38.8 Å². The monoisotopic (exact) mass is 321 g/mol. The zero-order valence-corrected chi connectivity index (χ0v) is 13.1. The highest BCUT2D eigenvalue weighted by atomic mass is 19.1. The number of nitrogens with zero attached hydrogens (tertiary/aromatic N) is 2. The van der Waals surface area contributed by atoms with Gasteiger partial charge in [-0.15, -0.1) is 0 Å². The number of aromatic amines is 1. The standard InChI is InChI=1S/C19H16FN3O/c20-16-11-15-12-17(22-19(15)21-13-16)4-1-14-2-5-18(6-3-14)23-7-9-24-10-8-23/h2-3,5-6,11-13H,7-10H2,(H,21,22). The Kier molecular flexibility index (Phi) is 3.89.